The number of rotatable bonds is 5. The van der Waals surface area contributed by atoms with Gasteiger partial charge in [-0.1, -0.05) is 30.3 Å². The summed E-state index contributed by atoms with van der Waals surface area (Å²) in [5, 5.41) is 9.44. The van der Waals surface area contributed by atoms with E-state index in [4.69, 9.17) is 0 Å². The highest BCUT2D eigenvalue weighted by Crippen LogP contribution is 2.15. The standard InChI is InChI=1S/C18H17N5O2/c24-17(21-15-8-4-9-19-12-15)18(25)22-16(13-23-11-5-10-20-23)14-6-2-1-3-7-14/h1-12,16H,13H2,(H,21,24)(H,22,25). The van der Waals surface area contributed by atoms with Gasteiger partial charge in [0.05, 0.1) is 24.5 Å². The van der Waals surface area contributed by atoms with Crippen LogP contribution in [-0.2, 0) is 16.1 Å². The Labute approximate surface area is 144 Å². The molecule has 2 N–H and O–H groups in total. The van der Waals surface area contributed by atoms with Gasteiger partial charge in [0, 0.05) is 18.6 Å². The highest BCUT2D eigenvalue weighted by Gasteiger charge is 2.20. The van der Waals surface area contributed by atoms with Gasteiger partial charge in [-0.2, -0.15) is 5.10 Å². The summed E-state index contributed by atoms with van der Waals surface area (Å²) in [5.74, 6) is -1.46. The van der Waals surface area contributed by atoms with E-state index in [1.165, 1.54) is 6.20 Å². The van der Waals surface area contributed by atoms with Crippen LogP contribution in [0.5, 0.6) is 0 Å². The highest BCUT2D eigenvalue weighted by molar-refractivity contribution is 6.39. The molecule has 3 rings (SSSR count). The second-order valence-electron chi connectivity index (χ2n) is 5.36. The van der Waals surface area contributed by atoms with E-state index in [0.29, 0.717) is 12.2 Å². The molecule has 0 radical (unpaired) electrons. The normalized spacial score (nSPS) is 11.5. The van der Waals surface area contributed by atoms with Crippen molar-refractivity contribution in [1.82, 2.24) is 20.1 Å². The Bertz CT molecular complexity index is 819. The molecule has 0 aliphatic carbocycles. The molecule has 7 heteroatoms. The second kappa shape index (κ2) is 7.87. The molecule has 126 valence electrons. The number of benzene rings is 1. The predicted octanol–water partition coefficient (Wildman–Crippen LogP) is 1.77. The third kappa shape index (κ3) is 4.51. The van der Waals surface area contributed by atoms with Crippen molar-refractivity contribution in [2.24, 2.45) is 0 Å². The molecule has 7 nitrogen and oxygen atoms in total. The molecule has 0 aliphatic heterocycles. The van der Waals surface area contributed by atoms with Gasteiger partial charge in [0.1, 0.15) is 0 Å². The van der Waals surface area contributed by atoms with Gasteiger partial charge in [0.15, 0.2) is 0 Å². The highest BCUT2D eigenvalue weighted by atomic mass is 16.2. The molecule has 2 heterocycles. The monoisotopic (exact) mass is 335 g/mol. The lowest BCUT2D eigenvalue weighted by Crippen LogP contribution is -2.39. The molecule has 0 fully saturated rings. The number of aromatic nitrogens is 3. The molecule has 0 bridgehead atoms. The van der Waals surface area contributed by atoms with Crippen LogP contribution in [0.1, 0.15) is 11.6 Å². The number of anilines is 1. The largest absolute Gasteiger partial charge is 0.339 e. The molecule has 0 aliphatic rings. The fourth-order valence-corrected chi connectivity index (χ4v) is 2.36. The van der Waals surface area contributed by atoms with Crippen LogP contribution < -0.4 is 10.6 Å². The molecule has 2 amide bonds. The summed E-state index contributed by atoms with van der Waals surface area (Å²) in [6.45, 7) is 0.420. The predicted molar refractivity (Wildman–Crippen MR) is 92.4 cm³/mol. The summed E-state index contributed by atoms with van der Waals surface area (Å²) in [6, 6.07) is 14.2. The molecule has 1 aromatic carbocycles. The average molecular weight is 335 g/mol. The summed E-state index contributed by atoms with van der Waals surface area (Å²) < 4.78 is 1.71. The van der Waals surface area contributed by atoms with Crippen LogP contribution in [0.15, 0.2) is 73.3 Å². The molecule has 25 heavy (non-hydrogen) atoms. The SMILES string of the molecule is O=C(Nc1cccnc1)C(=O)NC(Cn1cccn1)c1ccccc1. The fourth-order valence-electron chi connectivity index (χ4n) is 2.36. The fraction of sp³-hybridized carbons (Fsp3) is 0.111. The van der Waals surface area contributed by atoms with Crippen molar-refractivity contribution in [3.63, 3.8) is 0 Å². The van der Waals surface area contributed by atoms with Gasteiger partial charge in [-0.25, -0.2) is 0 Å². The Kier molecular flexibility index (Phi) is 5.16. The number of hydrogen-bond donors (Lipinski definition) is 2. The van der Waals surface area contributed by atoms with Crippen molar-refractivity contribution >= 4 is 17.5 Å². The minimum absolute atomic E-state index is 0.381. The maximum absolute atomic E-state index is 12.3. The van der Waals surface area contributed by atoms with Crippen molar-refractivity contribution in [2.75, 3.05) is 5.32 Å². The van der Waals surface area contributed by atoms with Crippen LogP contribution in [0, 0.1) is 0 Å². The minimum Gasteiger partial charge on any atom is -0.339 e. The van der Waals surface area contributed by atoms with Crippen LogP contribution in [0.2, 0.25) is 0 Å². The van der Waals surface area contributed by atoms with Crippen LogP contribution >= 0.6 is 0 Å². The Hall–Kier alpha value is -3.48. The Morgan fingerprint density at radius 3 is 2.52 bits per heavy atom. The van der Waals surface area contributed by atoms with Gasteiger partial charge < -0.3 is 10.6 Å². The van der Waals surface area contributed by atoms with E-state index in [2.05, 4.69) is 20.7 Å². The molecule has 2 aromatic heterocycles. The van der Waals surface area contributed by atoms with E-state index in [-0.39, 0.29) is 6.04 Å². The number of amides is 2. The second-order valence-corrected chi connectivity index (χ2v) is 5.36. The molecule has 0 spiro atoms. The quantitative estimate of drug-likeness (QED) is 0.696. The van der Waals surface area contributed by atoms with E-state index in [1.54, 1.807) is 41.5 Å². The van der Waals surface area contributed by atoms with Crippen molar-refractivity contribution in [3.05, 3.63) is 78.9 Å². The number of pyridine rings is 1. The van der Waals surface area contributed by atoms with Gasteiger partial charge in [-0.3, -0.25) is 19.3 Å². The van der Waals surface area contributed by atoms with Crippen LogP contribution in [0.25, 0.3) is 0 Å². The van der Waals surface area contributed by atoms with Crippen LogP contribution in [0.4, 0.5) is 5.69 Å². The van der Waals surface area contributed by atoms with E-state index in [9.17, 15) is 9.59 Å². The Morgan fingerprint density at radius 2 is 1.84 bits per heavy atom. The summed E-state index contributed by atoms with van der Waals surface area (Å²) in [5.41, 5.74) is 1.35. The van der Waals surface area contributed by atoms with E-state index in [1.807, 2.05) is 30.3 Å². The van der Waals surface area contributed by atoms with Crippen molar-refractivity contribution in [1.29, 1.82) is 0 Å². The molecular weight excluding hydrogens is 318 g/mol. The summed E-state index contributed by atoms with van der Waals surface area (Å²) in [6.07, 6.45) is 6.53. The smallest absolute Gasteiger partial charge is 0.313 e. The first-order valence-electron chi connectivity index (χ1n) is 7.76. The minimum atomic E-state index is -0.741. The van der Waals surface area contributed by atoms with Crippen molar-refractivity contribution in [2.45, 2.75) is 12.6 Å². The summed E-state index contributed by atoms with van der Waals surface area (Å²) in [4.78, 5) is 28.3. The molecule has 0 saturated carbocycles. The average Bonchev–Trinajstić information content (AvgIpc) is 3.16. The molecule has 1 atom stereocenters. The first-order valence-corrected chi connectivity index (χ1v) is 7.76. The van der Waals surface area contributed by atoms with Gasteiger partial charge in [0.2, 0.25) is 0 Å². The maximum Gasteiger partial charge on any atom is 0.313 e. The van der Waals surface area contributed by atoms with Crippen molar-refractivity contribution < 1.29 is 9.59 Å². The van der Waals surface area contributed by atoms with Gasteiger partial charge >= 0.3 is 11.8 Å². The lowest BCUT2D eigenvalue weighted by molar-refractivity contribution is -0.136. The first-order chi connectivity index (χ1) is 12.2. The Balaban J connectivity index is 1.70. The zero-order chi connectivity index (χ0) is 17.5. The third-order valence-corrected chi connectivity index (χ3v) is 3.56. The molecule has 1 unspecified atom stereocenters. The van der Waals surface area contributed by atoms with Crippen molar-refractivity contribution in [3.8, 4) is 0 Å². The third-order valence-electron chi connectivity index (χ3n) is 3.56. The van der Waals surface area contributed by atoms with Crippen LogP contribution in [0.3, 0.4) is 0 Å². The zero-order valence-electron chi connectivity index (χ0n) is 13.4. The van der Waals surface area contributed by atoms with Crippen LogP contribution in [-0.4, -0.2) is 26.6 Å². The topological polar surface area (TPSA) is 88.9 Å². The lowest BCUT2D eigenvalue weighted by Gasteiger charge is -2.19. The number of carbonyl (C=O) groups excluding carboxylic acids is 2. The van der Waals surface area contributed by atoms with E-state index in [0.717, 1.165) is 5.56 Å². The van der Waals surface area contributed by atoms with E-state index >= 15 is 0 Å². The summed E-state index contributed by atoms with van der Waals surface area (Å²) in [7, 11) is 0. The van der Waals surface area contributed by atoms with Gasteiger partial charge in [-0.15, -0.1) is 0 Å². The first kappa shape index (κ1) is 16.4. The molecule has 0 saturated heterocycles. The summed E-state index contributed by atoms with van der Waals surface area (Å²) >= 11 is 0. The number of nitrogens with zero attached hydrogens (tertiary/aromatic N) is 3. The Morgan fingerprint density at radius 1 is 1.00 bits per heavy atom. The van der Waals surface area contributed by atoms with Gasteiger partial charge in [-0.05, 0) is 23.8 Å². The molecular formula is C18H17N5O2. The number of hydrogen-bond acceptors (Lipinski definition) is 4. The number of carbonyl (C=O) groups is 2. The maximum atomic E-state index is 12.3. The lowest BCUT2D eigenvalue weighted by atomic mass is 10.1. The zero-order valence-corrected chi connectivity index (χ0v) is 13.4. The van der Waals surface area contributed by atoms with Gasteiger partial charge in [0.25, 0.3) is 0 Å². The molecule has 3 aromatic rings. The number of nitrogens with one attached hydrogen (secondary N) is 2. The van der Waals surface area contributed by atoms with E-state index < -0.39 is 11.8 Å².